The van der Waals surface area contributed by atoms with Crippen molar-refractivity contribution in [2.75, 3.05) is 6.61 Å². The summed E-state index contributed by atoms with van der Waals surface area (Å²) in [4.78, 5) is 26.5. The van der Waals surface area contributed by atoms with Crippen molar-refractivity contribution in [2.24, 2.45) is 0 Å². The Labute approximate surface area is 293 Å². The first-order chi connectivity index (χ1) is 23.5. The molecule has 0 spiro atoms. The molecule has 0 N–H and O–H groups in total. The summed E-state index contributed by atoms with van der Waals surface area (Å²) in [5.41, 5.74) is 1.25. The normalized spacial score (nSPS) is 11.4. The summed E-state index contributed by atoms with van der Waals surface area (Å²) in [6, 6.07) is 17.8. The van der Waals surface area contributed by atoms with Crippen molar-refractivity contribution in [3.63, 3.8) is 0 Å². The molecule has 0 fully saturated rings. The second kappa shape index (κ2) is 23.7. The molecule has 1 aromatic heterocycles. The van der Waals surface area contributed by atoms with Crippen LogP contribution in [0.5, 0.6) is 11.5 Å². The number of thiophene rings is 1. The third kappa shape index (κ3) is 16.0. The molecule has 5 nitrogen and oxygen atoms in total. The van der Waals surface area contributed by atoms with E-state index >= 15 is 0 Å². The van der Waals surface area contributed by atoms with Gasteiger partial charge in [0.1, 0.15) is 16.4 Å². The molecule has 6 heteroatoms. The minimum absolute atomic E-state index is 0.0919. The van der Waals surface area contributed by atoms with E-state index in [1.807, 2.05) is 37.3 Å². The van der Waals surface area contributed by atoms with Crippen LogP contribution in [0.15, 0.2) is 60.7 Å². The molecule has 0 aliphatic rings. The number of rotatable bonds is 23. The van der Waals surface area contributed by atoms with Crippen LogP contribution in [0.25, 0.3) is 0 Å². The summed E-state index contributed by atoms with van der Waals surface area (Å²) in [6.45, 7) is 7.09. The number of hydrogen-bond acceptors (Lipinski definition) is 6. The van der Waals surface area contributed by atoms with Crippen LogP contribution in [0.4, 0.5) is 0 Å². The van der Waals surface area contributed by atoms with Crippen LogP contribution < -0.4 is 9.47 Å². The predicted molar refractivity (Wildman–Crippen MR) is 198 cm³/mol. The fourth-order valence-corrected chi connectivity index (χ4v) is 6.14. The first-order valence-electron chi connectivity index (χ1n) is 18.4. The third-order valence-corrected chi connectivity index (χ3v) is 9.31. The van der Waals surface area contributed by atoms with Gasteiger partial charge in [0.05, 0.1) is 23.2 Å². The van der Waals surface area contributed by atoms with E-state index in [0.717, 1.165) is 35.5 Å². The maximum absolute atomic E-state index is 12.7. The lowest BCUT2D eigenvalue weighted by Crippen LogP contribution is -2.14. The highest BCUT2D eigenvalue weighted by Gasteiger charge is 2.14. The molecule has 48 heavy (non-hydrogen) atoms. The fraction of sp³-hybridized carbons (Fsp3) is 0.524. The van der Waals surface area contributed by atoms with Crippen LogP contribution in [-0.2, 0) is 4.74 Å². The van der Waals surface area contributed by atoms with Crippen molar-refractivity contribution in [3.05, 3.63) is 81.5 Å². The zero-order valence-electron chi connectivity index (χ0n) is 29.5. The van der Waals surface area contributed by atoms with Gasteiger partial charge in [-0.15, -0.1) is 11.3 Å². The maximum atomic E-state index is 12.7. The number of carbonyl (C=O) groups excluding carboxylic acids is 2. The van der Waals surface area contributed by atoms with Crippen LogP contribution in [-0.4, -0.2) is 24.6 Å². The Kier molecular flexibility index (Phi) is 19.2. The van der Waals surface area contributed by atoms with Crippen molar-refractivity contribution in [2.45, 2.75) is 136 Å². The SMILES string of the molecule is CCCCCCCCCCCCCCOc1ccc(C(=O)Oc2ccc(C#Cc3ccc(C(=O)OC(C)CCCCCC)s3)cc2)cc1. The number of ether oxygens (including phenoxy) is 3. The van der Waals surface area contributed by atoms with Gasteiger partial charge in [0.2, 0.25) is 0 Å². The minimum atomic E-state index is -0.422. The number of esters is 2. The van der Waals surface area contributed by atoms with E-state index in [0.29, 0.717) is 22.8 Å². The summed E-state index contributed by atoms with van der Waals surface area (Å²) in [5.74, 6) is 6.72. The van der Waals surface area contributed by atoms with E-state index in [1.54, 1.807) is 30.3 Å². The summed E-state index contributed by atoms with van der Waals surface area (Å²) in [5, 5.41) is 0. The van der Waals surface area contributed by atoms with Crippen molar-refractivity contribution in [1.82, 2.24) is 0 Å². The molecule has 0 saturated carbocycles. The Bertz CT molecular complexity index is 1380. The molecule has 0 aliphatic heterocycles. The molecule has 3 aromatic rings. The lowest BCUT2D eigenvalue weighted by atomic mass is 10.1. The molecule has 1 unspecified atom stereocenters. The fourth-order valence-electron chi connectivity index (χ4n) is 5.40. The number of hydrogen-bond donors (Lipinski definition) is 0. The third-order valence-electron chi connectivity index (χ3n) is 8.33. The molecule has 0 aliphatic carbocycles. The summed E-state index contributed by atoms with van der Waals surface area (Å²) >= 11 is 1.33. The average Bonchev–Trinajstić information content (AvgIpc) is 3.58. The summed E-state index contributed by atoms with van der Waals surface area (Å²) in [7, 11) is 0. The van der Waals surface area contributed by atoms with Gasteiger partial charge in [-0.25, -0.2) is 9.59 Å². The van der Waals surface area contributed by atoms with Crippen molar-refractivity contribution < 1.29 is 23.8 Å². The van der Waals surface area contributed by atoms with Gasteiger partial charge in [-0.3, -0.25) is 0 Å². The van der Waals surface area contributed by atoms with Crippen LogP contribution >= 0.6 is 11.3 Å². The molecule has 260 valence electrons. The Balaban J connectivity index is 1.32. The highest BCUT2D eigenvalue weighted by atomic mass is 32.1. The molecule has 1 heterocycles. The number of carbonyl (C=O) groups is 2. The van der Waals surface area contributed by atoms with E-state index < -0.39 is 5.97 Å². The Hall–Kier alpha value is -3.56. The number of benzene rings is 2. The zero-order chi connectivity index (χ0) is 34.2. The molecule has 2 aromatic carbocycles. The zero-order valence-corrected chi connectivity index (χ0v) is 30.3. The van der Waals surface area contributed by atoms with Crippen molar-refractivity contribution in [1.29, 1.82) is 0 Å². The molecule has 0 saturated heterocycles. The van der Waals surface area contributed by atoms with E-state index in [4.69, 9.17) is 14.2 Å². The van der Waals surface area contributed by atoms with Crippen molar-refractivity contribution >= 4 is 23.3 Å². The second-order valence-electron chi connectivity index (χ2n) is 12.7. The molecule has 1 atom stereocenters. The summed E-state index contributed by atoms with van der Waals surface area (Å²) < 4.78 is 17.0. The van der Waals surface area contributed by atoms with E-state index in [1.165, 1.54) is 101 Å². The molecular weight excluding hydrogens is 617 g/mol. The predicted octanol–water partition coefficient (Wildman–Crippen LogP) is 12.0. The second-order valence-corrected chi connectivity index (χ2v) is 13.7. The van der Waals surface area contributed by atoms with Gasteiger partial charge in [-0.2, -0.15) is 0 Å². The van der Waals surface area contributed by atoms with Gasteiger partial charge in [0.25, 0.3) is 0 Å². The minimum Gasteiger partial charge on any atom is -0.494 e. The Morgan fingerprint density at radius 1 is 0.625 bits per heavy atom. The average molecular weight is 673 g/mol. The lowest BCUT2D eigenvalue weighted by Gasteiger charge is -2.12. The molecule has 0 bridgehead atoms. The number of unbranched alkanes of at least 4 members (excludes halogenated alkanes) is 14. The highest BCUT2D eigenvalue weighted by Crippen LogP contribution is 2.20. The smallest absolute Gasteiger partial charge is 0.348 e. The van der Waals surface area contributed by atoms with Gasteiger partial charge in [-0.05, 0) is 86.8 Å². The first kappa shape index (κ1) is 38.9. The van der Waals surface area contributed by atoms with E-state index in [2.05, 4.69) is 25.7 Å². The monoisotopic (exact) mass is 672 g/mol. The van der Waals surface area contributed by atoms with Crippen LogP contribution in [0, 0.1) is 11.8 Å². The van der Waals surface area contributed by atoms with Gasteiger partial charge in [0.15, 0.2) is 0 Å². The molecule has 3 rings (SSSR count). The van der Waals surface area contributed by atoms with Gasteiger partial charge < -0.3 is 14.2 Å². The van der Waals surface area contributed by atoms with Crippen LogP contribution in [0.2, 0.25) is 0 Å². The van der Waals surface area contributed by atoms with Crippen LogP contribution in [0.3, 0.4) is 0 Å². The van der Waals surface area contributed by atoms with E-state index in [-0.39, 0.29) is 12.1 Å². The Morgan fingerprint density at radius 3 is 1.81 bits per heavy atom. The lowest BCUT2D eigenvalue weighted by molar-refractivity contribution is 0.0325. The molecule has 0 amide bonds. The van der Waals surface area contributed by atoms with E-state index in [9.17, 15) is 9.59 Å². The van der Waals surface area contributed by atoms with Gasteiger partial charge in [0, 0.05) is 5.56 Å². The van der Waals surface area contributed by atoms with Gasteiger partial charge >= 0.3 is 11.9 Å². The van der Waals surface area contributed by atoms with Gasteiger partial charge in [-0.1, -0.05) is 116 Å². The standard InChI is InChI=1S/C42H56O5S/c1-4-6-8-10-11-12-13-14-15-16-17-19-33-45-37-28-24-36(25-29-37)41(43)47-38-26-21-35(22-27-38)23-30-39-31-32-40(48-39)42(44)46-34(3)20-18-9-7-5-2/h21-22,24-29,31-32,34H,4-20,33H2,1-3H3. The molecular formula is C42H56O5S. The Morgan fingerprint density at radius 2 is 1.19 bits per heavy atom. The topological polar surface area (TPSA) is 61.8 Å². The summed E-state index contributed by atoms with van der Waals surface area (Å²) in [6.07, 6.45) is 21.3. The molecule has 0 radical (unpaired) electrons. The largest absolute Gasteiger partial charge is 0.494 e. The highest BCUT2D eigenvalue weighted by molar-refractivity contribution is 7.14. The quantitative estimate of drug-likeness (QED) is 0.0434. The van der Waals surface area contributed by atoms with Crippen LogP contribution in [0.1, 0.15) is 160 Å². The first-order valence-corrected chi connectivity index (χ1v) is 19.2. The van der Waals surface area contributed by atoms with Crippen molar-refractivity contribution in [3.8, 4) is 23.3 Å². The maximum Gasteiger partial charge on any atom is 0.348 e.